The van der Waals surface area contributed by atoms with Crippen LogP contribution < -0.4 is 0 Å². The number of hydrogen-bond acceptors (Lipinski definition) is 2. The number of halogens is 1. The summed E-state index contributed by atoms with van der Waals surface area (Å²) in [6.07, 6.45) is 1.83. The number of nitrogens with zero attached hydrogens (tertiary/aromatic N) is 1. The van der Waals surface area contributed by atoms with Crippen molar-refractivity contribution in [1.29, 1.82) is 0 Å². The molecule has 1 nitrogen and oxygen atoms in total. The normalized spacial score (nSPS) is 10.1. The summed E-state index contributed by atoms with van der Waals surface area (Å²) in [6.45, 7) is 6.07. The smallest absolute Gasteiger partial charge is 0.0428 e. The van der Waals surface area contributed by atoms with Crippen LogP contribution in [0, 0.1) is 6.92 Å². The molecule has 0 heterocycles. The number of aryl methyl sites for hydroxylation is 1. The lowest BCUT2D eigenvalue weighted by Gasteiger charge is -1.96. The van der Waals surface area contributed by atoms with Crippen LogP contribution in [-0.4, -0.2) is 6.21 Å². The van der Waals surface area contributed by atoms with Gasteiger partial charge in [-0.1, -0.05) is 55.3 Å². The second-order valence-electron chi connectivity index (χ2n) is 3.69. The quantitative estimate of drug-likeness (QED) is 0.514. The summed E-state index contributed by atoms with van der Waals surface area (Å²) in [5, 5.41) is 0.744. The fraction of sp³-hybridized carbons (Fsp3) is 0.188. The van der Waals surface area contributed by atoms with E-state index in [9.17, 15) is 0 Å². The first-order chi connectivity index (χ1) is 9.24. The zero-order valence-corrected chi connectivity index (χ0v) is 13.0. The first-order valence-corrected chi connectivity index (χ1v) is 7.42. The van der Waals surface area contributed by atoms with Crippen molar-refractivity contribution in [1.82, 2.24) is 0 Å². The topological polar surface area (TPSA) is 12.4 Å². The van der Waals surface area contributed by atoms with Gasteiger partial charge in [-0.15, -0.1) is 0 Å². The summed E-state index contributed by atoms with van der Waals surface area (Å²) in [5.74, 6) is 0. The summed E-state index contributed by atoms with van der Waals surface area (Å²) in [5.41, 5.74) is 2.31. The van der Waals surface area contributed by atoms with Gasteiger partial charge < -0.3 is 0 Å². The van der Waals surface area contributed by atoms with Gasteiger partial charge in [0.25, 0.3) is 0 Å². The summed E-state index contributed by atoms with van der Waals surface area (Å²) in [6, 6.07) is 15.9. The van der Waals surface area contributed by atoms with Gasteiger partial charge in [0.1, 0.15) is 0 Å². The maximum Gasteiger partial charge on any atom is 0.0428 e. The van der Waals surface area contributed by atoms with Gasteiger partial charge in [0.05, 0.1) is 0 Å². The van der Waals surface area contributed by atoms with E-state index in [1.54, 1.807) is 0 Å². The number of benzene rings is 2. The summed E-state index contributed by atoms with van der Waals surface area (Å²) in [7, 11) is 0. The van der Waals surface area contributed by atoms with Crippen molar-refractivity contribution >= 4 is 29.8 Å². The van der Waals surface area contributed by atoms with Crippen molar-refractivity contribution in [2.45, 2.75) is 25.7 Å². The molecule has 0 N–H and O–H groups in total. The van der Waals surface area contributed by atoms with Crippen LogP contribution in [0.1, 0.15) is 25.0 Å². The molecule has 0 aliphatic heterocycles. The molecule has 19 heavy (non-hydrogen) atoms. The van der Waals surface area contributed by atoms with Crippen LogP contribution in [0.4, 0.5) is 0 Å². The van der Waals surface area contributed by atoms with Crippen molar-refractivity contribution in [3.8, 4) is 0 Å². The van der Waals surface area contributed by atoms with Gasteiger partial charge >= 0.3 is 0 Å². The molecule has 0 aliphatic rings. The Bertz CT molecular complexity index is 503. The molecule has 0 fully saturated rings. The lowest BCUT2D eigenvalue weighted by atomic mass is 10.2. The molecule has 0 unspecified atom stereocenters. The molecule has 0 amide bonds. The van der Waals surface area contributed by atoms with Crippen LogP contribution in [0.5, 0.6) is 0 Å². The van der Waals surface area contributed by atoms with Crippen molar-refractivity contribution in [3.05, 3.63) is 64.7 Å². The first kappa shape index (κ1) is 15.8. The minimum Gasteiger partial charge on any atom is -0.219 e. The van der Waals surface area contributed by atoms with Crippen molar-refractivity contribution < 1.29 is 0 Å². The van der Waals surface area contributed by atoms with Crippen LogP contribution in [-0.2, 0) is 0 Å². The Kier molecular flexibility index (Phi) is 7.31. The SMILES string of the molecule is CC.Cc1ccc(S/N=C/c2ccc(Cl)cc2)cc1. The molecule has 0 radical (unpaired) electrons. The van der Waals surface area contributed by atoms with E-state index in [2.05, 4.69) is 35.6 Å². The van der Waals surface area contributed by atoms with Gasteiger partial charge in [0, 0.05) is 28.1 Å². The Balaban J connectivity index is 0.000000861. The van der Waals surface area contributed by atoms with E-state index < -0.39 is 0 Å². The van der Waals surface area contributed by atoms with Crippen LogP contribution in [0.3, 0.4) is 0 Å². The lowest BCUT2D eigenvalue weighted by Crippen LogP contribution is -1.78. The monoisotopic (exact) mass is 291 g/mol. The third-order valence-corrected chi connectivity index (χ3v) is 3.20. The van der Waals surface area contributed by atoms with E-state index in [0.29, 0.717) is 0 Å². The van der Waals surface area contributed by atoms with E-state index in [1.165, 1.54) is 17.5 Å². The second-order valence-corrected chi connectivity index (χ2v) is 4.99. The third-order valence-electron chi connectivity index (χ3n) is 2.25. The van der Waals surface area contributed by atoms with E-state index in [-0.39, 0.29) is 0 Å². The number of hydrogen-bond donors (Lipinski definition) is 0. The van der Waals surface area contributed by atoms with Crippen LogP contribution in [0.15, 0.2) is 57.8 Å². The molecule has 2 rings (SSSR count). The molecule has 2 aromatic carbocycles. The van der Waals surface area contributed by atoms with Gasteiger partial charge in [-0.25, -0.2) is 4.40 Å². The van der Waals surface area contributed by atoms with Gasteiger partial charge in [-0.3, -0.25) is 0 Å². The Labute approximate surface area is 124 Å². The van der Waals surface area contributed by atoms with Gasteiger partial charge in [-0.2, -0.15) is 0 Å². The summed E-state index contributed by atoms with van der Waals surface area (Å²) < 4.78 is 4.32. The molecule has 3 heteroatoms. The van der Waals surface area contributed by atoms with Crippen molar-refractivity contribution in [2.75, 3.05) is 0 Å². The molecule has 0 saturated heterocycles. The Hall–Kier alpha value is -1.25. The summed E-state index contributed by atoms with van der Waals surface area (Å²) in [4.78, 5) is 1.14. The molecule has 2 aromatic rings. The average molecular weight is 292 g/mol. The van der Waals surface area contributed by atoms with Crippen LogP contribution in [0.25, 0.3) is 0 Å². The fourth-order valence-electron chi connectivity index (χ4n) is 1.30. The fourth-order valence-corrected chi connectivity index (χ4v) is 1.98. The maximum absolute atomic E-state index is 5.81. The zero-order chi connectivity index (χ0) is 14.1. The molecule has 0 atom stereocenters. The molecule has 0 aromatic heterocycles. The van der Waals surface area contributed by atoms with Crippen molar-refractivity contribution in [3.63, 3.8) is 0 Å². The molecule has 0 bridgehead atoms. The molecule has 0 spiro atoms. The second kappa shape index (κ2) is 8.78. The Morgan fingerprint density at radius 1 is 0.947 bits per heavy atom. The summed E-state index contributed by atoms with van der Waals surface area (Å²) >= 11 is 7.27. The predicted molar refractivity (Wildman–Crippen MR) is 87.4 cm³/mol. The van der Waals surface area contributed by atoms with Gasteiger partial charge in [-0.05, 0) is 36.8 Å². The Morgan fingerprint density at radius 3 is 2.11 bits per heavy atom. The molecular weight excluding hydrogens is 274 g/mol. The standard InChI is InChI=1S/C14H12ClNS.C2H6/c1-11-2-8-14(9-3-11)17-16-10-12-4-6-13(15)7-5-12;1-2/h2-10H,1H3;1-2H3/b16-10+;. The van der Waals surface area contributed by atoms with Crippen molar-refractivity contribution in [2.24, 2.45) is 4.40 Å². The van der Waals surface area contributed by atoms with E-state index >= 15 is 0 Å². The zero-order valence-electron chi connectivity index (χ0n) is 11.4. The van der Waals surface area contributed by atoms with E-state index in [1.807, 2.05) is 44.3 Å². The van der Waals surface area contributed by atoms with Crippen LogP contribution >= 0.6 is 23.5 Å². The van der Waals surface area contributed by atoms with E-state index in [4.69, 9.17) is 11.6 Å². The maximum atomic E-state index is 5.81. The highest BCUT2D eigenvalue weighted by Crippen LogP contribution is 2.19. The molecule has 100 valence electrons. The van der Waals surface area contributed by atoms with Gasteiger partial charge in [0.2, 0.25) is 0 Å². The van der Waals surface area contributed by atoms with Crippen LogP contribution in [0.2, 0.25) is 5.02 Å². The highest BCUT2D eigenvalue weighted by Gasteiger charge is 1.91. The highest BCUT2D eigenvalue weighted by atomic mass is 35.5. The number of rotatable bonds is 3. The molecule has 0 aliphatic carbocycles. The largest absolute Gasteiger partial charge is 0.219 e. The molecule has 0 saturated carbocycles. The highest BCUT2D eigenvalue weighted by molar-refractivity contribution is 7.98. The predicted octanol–water partition coefficient (Wildman–Crippen LogP) is 5.80. The third kappa shape index (κ3) is 5.95. The minimum absolute atomic E-state index is 0.744. The average Bonchev–Trinajstić information content (AvgIpc) is 2.45. The first-order valence-electron chi connectivity index (χ1n) is 6.27. The minimum atomic E-state index is 0.744. The van der Waals surface area contributed by atoms with E-state index in [0.717, 1.165) is 15.5 Å². The molecular formula is C16H18ClNS. The Morgan fingerprint density at radius 2 is 1.53 bits per heavy atom. The van der Waals surface area contributed by atoms with Gasteiger partial charge in [0.15, 0.2) is 0 Å². The lowest BCUT2D eigenvalue weighted by molar-refractivity contribution is 1.38.